The van der Waals surface area contributed by atoms with E-state index >= 15 is 0 Å². The summed E-state index contributed by atoms with van der Waals surface area (Å²) in [6.45, 7) is 0. The summed E-state index contributed by atoms with van der Waals surface area (Å²) in [4.78, 5) is 35.3. The zero-order chi connectivity index (χ0) is 20.6. The number of hydrogen-bond acceptors (Lipinski definition) is 4. The first kappa shape index (κ1) is 19.8. The van der Waals surface area contributed by atoms with Gasteiger partial charge < -0.3 is 10.6 Å². The van der Waals surface area contributed by atoms with Crippen molar-refractivity contribution in [2.24, 2.45) is 0 Å². The summed E-state index contributed by atoms with van der Waals surface area (Å²) in [5, 5.41) is 16.6. The molecule has 0 saturated heterocycles. The second-order valence-corrected chi connectivity index (χ2v) is 6.41. The molecule has 0 atom stereocenters. The molecule has 0 aromatic heterocycles. The van der Waals surface area contributed by atoms with Gasteiger partial charge in [-0.1, -0.05) is 60.7 Å². The zero-order valence-electron chi connectivity index (χ0n) is 15.5. The Bertz CT molecular complexity index is 1020. The smallest absolute Gasteiger partial charge is 0.292 e. The summed E-state index contributed by atoms with van der Waals surface area (Å²) >= 11 is 0. The number of nitro groups is 1. The van der Waals surface area contributed by atoms with Crippen LogP contribution < -0.4 is 10.6 Å². The maximum Gasteiger partial charge on any atom is 0.292 e. The number of rotatable bonds is 7. The number of amides is 2. The summed E-state index contributed by atoms with van der Waals surface area (Å²) in [6, 6.07) is 22.4. The summed E-state index contributed by atoms with van der Waals surface area (Å²) in [5.74, 6) is -0.640. The van der Waals surface area contributed by atoms with Gasteiger partial charge in [0.15, 0.2) is 0 Å². The van der Waals surface area contributed by atoms with Crippen LogP contribution >= 0.6 is 0 Å². The van der Waals surface area contributed by atoms with Crippen LogP contribution in [0.4, 0.5) is 17.1 Å². The molecule has 3 rings (SSSR count). The third-order valence-corrected chi connectivity index (χ3v) is 4.17. The molecule has 0 bridgehead atoms. The Hall–Kier alpha value is -4.00. The van der Waals surface area contributed by atoms with Gasteiger partial charge in [0, 0.05) is 11.8 Å². The van der Waals surface area contributed by atoms with Crippen molar-refractivity contribution in [3.05, 3.63) is 100 Å². The van der Waals surface area contributed by atoms with Crippen molar-refractivity contribution in [2.75, 3.05) is 10.6 Å². The molecular weight excluding hydrogens is 370 g/mol. The Morgan fingerprint density at radius 1 is 0.759 bits per heavy atom. The van der Waals surface area contributed by atoms with E-state index in [-0.39, 0.29) is 36.0 Å². The second kappa shape index (κ2) is 9.27. The fraction of sp³-hybridized carbons (Fsp3) is 0.0909. The summed E-state index contributed by atoms with van der Waals surface area (Å²) in [7, 11) is 0. The molecule has 7 heteroatoms. The van der Waals surface area contributed by atoms with Crippen LogP contribution in [0.5, 0.6) is 0 Å². The minimum atomic E-state index is -0.576. The van der Waals surface area contributed by atoms with E-state index in [1.54, 1.807) is 12.1 Å². The number of nitrogens with zero attached hydrogens (tertiary/aromatic N) is 1. The van der Waals surface area contributed by atoms with Gasteiger partial charge in [0.2, 0.25) is 11.8 Å². The lowest BCUT2D eigenvalue weighted by atomic mass is 10.1. The molecule has 0 saturated carbocycles. The lowest BCUT2D eigenvalue weighted by Crippen LogP contribution is -2.17. The zero-order valence-corrected chi connectivity index (χ0v) is 15.5. The third-order valence-electron chi connectivity index (χ3n) is 4.17. The molecule has 2 amide bonds. The number of nitro benzene ring substituents is 1. The summed E-state index contributed by atoms with van der Waals surface area (Å²) < 4.78 is 0. The topological polar surface area (TPSA) is 101 Å². The predicted molar refractivity (Wildman–Crippen MR) is 111 cm³/mol. The van der Waals surface area contributed by atoms with E-state index < -0.39 is 4.92 Å². The van der Waals surface area contributed by atoms with E-state index in [0.29, 0.717) is 5.69 Å². The van der Waals surface area contributed by atoms with Gasteiger partial charge in [0.25, 0.3) is 5.69 Å². The van der Waals surface area contributed by atoms with Crippen LogP contribution in [0.25, 0.3) is 0 Å². The quantitative estimate of drug-likeness (QED) is 0.472. The standard InChI is InChI=1S/C22H19N3O4/c26-21(13-16-7-3-1-4-8-16)23-18-11-12-20(25(28)29)19(15-18)24-22(27)14-17-9-5-2-6-10-17/h1-12,15H,13-14H2,(H,23,26)(H,24,27). The van der Waals surface area contributed by atoms with Crippen LogP contribution in [0.1, 0.15) is 11.1 Å². The molecule has 7 nitrogen and oxygen atoms in total. The maximum absolute atomic E-state index is 12.3. The van der Waals surface area contributed by atoms with Crippen molar-refractivity contribution in [3.8, 4) is 0 Å². The highest BCUT2D eigenvalue weighted by Gasteiger charge is 2.17. The van der Waals surface area contributed by atoms with Gasteiger partial charge in [-0.2, -0.15) is 0 Å². The summed E-state index contributed by atoms with van der Waals surface area (Å²) in [5.41, 5.74) is 1.80. The van der Waals surface area contributed by atoms with E-state index in [1.807, 2.05) is 48.5 Å². The molecule has 0 fully saturated rings. The molecule has 0 unspecified atom stereocenters. The highest BCUT2D eigenvalue weighted by Crippen LogP contribution is 2.28. The Morgan fingerprint density at radius 2 is 1.28 bits per heavy atom. The summed E-state index contributed by atoms with van der Waals surface area (Å²) in [6.07, 6.45) is 0.260. The van der Waals surface area contributed by atoms with Crippen molar-refractivity contribution in [1.82, 2.24) is 0 Å². The molecule has 3 aromatic rings. The second-order valence-electron chi connectivity index (χ2n) is 6.41. The SMILES string of the molecule is O=C(Cc1ccccc1)Nc1ccc([N+](=O)[O-])c(NC(=O)Cc2ccccc2)c1. The van der Waals surface area contributed by atoms with Gasteiger partial charge >= 0.3 is 0 Å². The Labute approximate surface area is 167 Å². The largest absolute Gasteiger partial charge is 0.326 e. The van der Waals surface area contributed by atoms with Crippen LogP contribution in [0.3, 0.4) is 0 Å². The first-order valence-corrected chi connectivity index (χ1v) is 8.97. The minimum Gasteiger partial charge on any atom is -0.326 e. The molecule has 0 aliphatic heterocycles. The monoisotopic (exact) mass is 389 g/mol. The first-order chi connectivity index (χ1) is 14.0. The fourth-order valence-corrected chi connectivity index (χ4v) is 2.84. The molecule has 3 aromatic carbocycles. The molecule has 0 heterocycles. The van der Waals surface area contributed by atoms with Crippen LogP contribution in [-0.4, -0.2) is 16.7 Å². The third kappa shape index (κ3) is 5.74. The minimum absolute atomic E-state index is 0.0356. The molecule has 146 valence electrons. The normalized spacial score (nSPS) is 10.2. The number of nitrogens with one attached hydrogen (secondary N) is 2. The predicted octanol–water partition coefficient (Wildman–Crippen LogP) is 3.96. The van der Waals surface area contributed by atoms with E-state index in [4.69, 9.17) is 0 Å². The molecule has 0 radical (unpaired) electrons. The average molecular weight is 389 g/mol. The van der Waals surface area contributed by atoms with Crippen molar-refractivity contribution >= 4 is 28.9 Å². The Balaban J connectivity index is 1.72. The molecule has 29 heavy (non-hydrogen) atoms. The molecule has 0 aliphatic rings. The average Bonchev–Trinajstić information content (AvgIpc) is 2.69. The van der Waals surface area contributed by atoms with E-state index in [9.17, 15) is 19.7 Å². The van der Waals surface area contributed by atoms with Crippen molar-refractivity contribution in [3.63, 3.8) is 0 Å². The van der Waals surface area contributed by atoms with Crippen molar-refractivity contribution < 1.29 is 14.5 Å². The van der Waals surface area contributed by atoms with E-state index in [0.717, 1.165) is 11.1 Å². The van der Waals surface area contributed by atoms with Crippen LogP contribution in [0.15, 0.2) is 78.9 Å². The Kier molecular flexibility index (Phi) is 6.32. The van der Waals surface area contributed by atoms with Crippen LogP contribution in [0.2, 0.25) is 0 Å². The molecule has 0 aliphatic carbocycles. The molecule has 2 N–H and O–H groups in total. The van der Waals surface area contributed by atoms with E-state index in [2.05, 4.69) is 10.6 Å². The maximum atomic E-state index is 12.3. The van der Waals surface area contributed by atoms with Crippen LogP contribution in [0, 0.1) is 10.1 Å². The highest BCUT2D eigenvalue weighted by molar-refractivity contribution is 5.97. The van der Waals surface area contributed by atoms with Gasteiger partial charge in [-0.3, -0.25) is 19.7 Å². The van der Waals surface area contributed by atoms with Gasteiger partial charge in [0.05, 0.1) is 17.8 Å². The van der Waals surface area contributed by atoms with Crippen molar-refractivity contribution in [1.29, 1.82) is 0 Å². The first-order valence-electron chi connectivity index (χ1n) is 8.97. The van der Waals surface area contributed by atoms with Gasteiger partial charge in [0.1, 0.15) is 5.69 Å². The number of benzene rings is 3. The van der Waals surface area contributed by atoms with Gasteiger partial charge in [-0.15, -0.1) is 0 Å². The molecule has 0 spiro atoms. The number of carbonyl (C=O) groups excluding carboxylic acids is 2. The van der Waals surface area contributed by atoms with Gasteiger partial charge in [-0.25, -0.2) is 0 Å². The molecular formula is C22H19N3O4. The van der Waals surface area contributed by atoms with Crippen molar-refractivity contribution in [2.45, 2.75) is 12.8 Å². The van der Waals surface area contributed by atoms with E-state index in [1.165, 1.54) is 18.2 Å². The highest BCUT2D eigenvalue weighted by atomic mass is 16.6. The number of carbonyl (C=O) groups is 2. The van der Waals surface area contributed by atoms with Crippen LogP contribution in [-0.2, 0) is 22.4 Å². The Morgan fingerprint density at radius 3 is 1.79 bits per heavy atom. The fourth-order valence-electron chi connectivity index (χ4n) is 2.84. The van der Waals surface area contributed by atoms with Gasteiger partial charge in [-0.05, 0) is 23.3 Å². The lowest BCUT2D eigenvalue weighted by molar-refractivity contribution is -0.383. The number of anilines is 2. The lowest BCUT2D eigenvalue weighted by Gasteiger charge is -2.10. The number of hydrogen-bond donors (Lipinski definition) is 2.